The van der Waals surface area contributed by atoms with Gasteiger partial charge in [-0.15, -0.1) is 0 Å². The molecular formula is C23H18ClN3O4. The van der Waals surface area contributed by atoms with Crippen molar-refractivity contribution in [2.45, 2.75) is 6.92 Å². The van der Waals surface area contributed by atoms with Crippen LogP contribution in [0, 0.1) is 6.92 Å². The molecule has 2 aromatic heterocycles. The highest BCUT2D eigenvalue weighted by Gasteiger charge is 2.16. The zero-order valence-electron chi connectivity index (χ0n) is 16.7. The number of hydrogen-bond acceptors (Lipinski definition) is 4. The molecule has 0 aliphatic carbocycles. The first-order chi connectivity index (χ1) is 14.9. The van der Waals surface area contributed by atoms with E-state index in [-0.39, 0.29) is 16.1 Å². The Bertz CT molecular complexity index is 1360. The molecule has 156 valence electrons. The molecule has 7 nitrogen and oxygen atoms in total. The summed E-state index contributed by atoms with van der Waals surface area (Å²) in [6.07, 6.45) is 1.47. The van der Waals surface area contributed by atoms with E-state index in [4.69, 9.17) is 16.0 Å². The molecule has 0 aliphatic heterocycles. The first-order valence-electron chi connectivity index (χ1n) is 9.38. The number of aromatic nitrogens is 2. The van der Waals surface area contributed by atoms with Crippen LogP contribution in [0.3, 0.4) is 0 Å². The van der Waals surface area contributed by atoms with E-state index in [0.717, 1.165) is 5.69 Å². The van der Waals surface area contributed by atoms with Gasteiger partial charge in [-0.05, 0) is 49.4 Å². The summed E-state index contributed by atoms with van der Waals surface area (Å²) in [6, 6.07) is 17.4. The number of aliphatic imine (C=N–C) groups is 1. The number of furan rings is 1. The predicted molar refractivity (Wildman–Crippen MR) is 119 cm³/mol. The van der Waals surface area contributed by atoms with E-state index in [1.807, 2.05) is 37.3 Å². The van der Waals surface area contributed by atoms with Crippen LogP contribution in [-0.2, 0) is 7.05 Å². The Kier molecular flexibility index (Phi) is 5.35. The minimum atomic E-state index is -1.12. The molecule has 0 unspecified atom stereocenters. The number of carboxylic acid groups (broad SMARTS) is 1. The van der Waals surface area contributed by atoms with Crippen molar-refractivity contribution in [3.05, 3.63) is 93.1 Å². The molecule has 0 saturated heterocycles. The lowest BCUT2D eigenvalue weighted by Crippen LogP contribution is -2.19. The van der Waals surface area contributed by atoms with Gasteiger partial charge < -0.3 is 9.52 Å². The number of carbonyl (C=O) groups is 1. The molecular weight excluding hydrogens is 418 g/mol. The van der Waals surface area contributed by atoms with Crippen molar-refractivity contribution < 1.29 is 14.3 Å². The van der Waals surface area contributed by atoms with Crippen LogP contribution in [0.1, 0.15) is 21.8 Å². The third-order valence-electron chi connectivity index (χ3n) is 4.95. The Labute approximate surface area is 182 Å². The Hall–Kier alpha value is -3.84. The first kappa shape index (κ1) is 20.4. The number of hydrogen-bond donors (Lipinski definition) is 1. The summed E-state index contributed by atoms with van der Waals surface area (Å²) in [4.78, 5) is 28.6. The number of para-hydroxylation sites is 1. The Morgan fingerprint density at radius 2 is 1.87 bits per heavy atom. The number of aromatic carboxylic acids is 1. The molecule has 4 aromatic rings. The molecule has 0 radical (unpaired) electrons. The molecule has 0 bridgehead atoms. The lowest BCUT2D eigenvalue weighted by molar-refractivity contribution is 0.0697. The van der Waals surface area contributed by atoms with Crippen LogP contribution >= 0.6 is 11.6 Å². The van der Waals surface area contributed by atoms with Gasteiger partial charge in [0.15, 0.2) is 5.69 Å². The zero-order chi connectivity index (χ0) is 22.1. The summed E-state index contributed by atoms with van der Waals surface area (Å²) in [6.45, 7) is 1.82. The van der Waals surface area contributed by atoms with Gasteiger partial charge >= 0.3 is 5.97 Å². The van der Waals surface area contributed by atoms with Crippen molar-refractivity contribution in [3.63, 3.8) is 0 Å². The maximum Gasteiger partial charge on any atom is 0.337 e. The van der Waals surface area contributed by atoms with Gasteiger partial charge in [0, 0.05) is 12.6 Å². The third kappa shape index (κ3) is 3.83. The van der Waals surface area contributed by atoms with Gasteiger partial charge in [-0.3, -0.25) is 9.48 Å². The summed E-state index contributed by atoms with van der Waals surface area (Å²) in [5.41, 5.74) is 2.09. The number of halogens is 1. The Balaban J connectivity index is 1.66. The quantitative estimate of drug-likeness (QED) is 0.454. The molecule has 2 aromatic carbocycles. The summed E-state index contributed by atoms with van der Waals surface area (Å²) < 4.78 is 9.07. The summed E-state index contributed by atoms with van der Waals surface area (Å²) >= 11 is 5.92. The van der Waals surface area contributed by atoms with Crippen LogP contribution in [0.15, 0.2) is 74.9 Å². The second kappa shape index (κ2) is 8.12. The van der Waals surface area contributed by atoms with Crippen molar-refractivity contribution in [1.82, 2.24) is 9.36 Å². The molecule has 8 heteroatoms. The maximum absolute atomic E-state index is 12.9. The number of carboxylic acids is 1. The highest BCUT2D eigenvalue weighted by atomic mass is 35.5. The number of nitrogens with zero attached hydrogens (tertiary/aromatic N) is 3. The van der Waals surface area contributed by atoms with E-state index in [9.17, 15) is 14.7 Å². The normalized spacial score (nSPS) is 11.3. The second-order valence-corrected chi connectivity index (χ2v) is 7.28. The van der Waals surface area contributed by atoms with Crippen LogP contribution < -0.4 is 5.56 Å². The molecule has 31 heavy (non-hydrogen) atoms. The fourth-order valence-corrected chi connectivity index (χ4v) is 3.45. The van der Waals surface area contributed by atoms with E-state index in [1.54, 1.807) is 34.6 Å². The SMILES string of the molecule is Cc1c(N=Cc2ccc(-c3ccc(Cl)c(C(=O)O)c3)o2)c(=O)n(-c2ccccc2)n1C. The highest BCUT2D eigenvalue weighted by molar-refractivity contribution is 6.33. The lowest BCUT2D eigenvalue weighted by Gasteiger charge is -2.07. The molecule has 0 amide bonds. The number of rotatable bonds is 5. The van der Waals surface area contributed by atoms with Crippen LogP contribution in [0.5, 0.6) is 0 Å². The Morgan fingerprint density at radius 3 is 2.58 bits per heavy atom. The fourth-order valence-electron chi connectivity index (χ4n) is 3.25. The molecule has 0 aliphatic rings. The molecule has 1 N–H and O–H groups in total. The molecule has 4 rings (SSSR count). The van der Waals surface area contributed by atoms with Gasteiger partial charge in [-0.1, -0.05) is 29.8 Å². The second-order valence-electron chi connectivity index (χ2n) is 6.87. The van der Waals surface area contributed by atoms with E-state index < -0.39 is 5.97 Å². The summed E-state index contributed by atoms with van der Waals surface area (Å²) in [5, 5.41) is 9.39. The molecule has 0 spiro atoms. The van der Waals surface area contributed by atoms with Gasteiger partial charge in [0.05, 0.1) is 28.2 Å². The lowest BCUT2D eigenvalue weighted by atomic mass is 10.1. The van der Waals surface area contributed by atoms with Crippen LogP contribution in [0.2, 0.25) is 5.02 Å². The van der Waals surface area contributed by atoms with Crippen molar-refractivity contribution in [2.24, 2.45) is 12.0 Å². The van der Waals surface area contributed by atoms with Gasteiger partial charge in [-0.2, -0.15) is 0 Å². The van der Waals surface area contributed by atoms with Gasteiger partial charge in [0.2, 0.25) is 0 Å². The van der Waals surface area contributed by atoms with Crippen molar-refractivity contribution >= 4 is 29.5 Å². The third-order valence-corrected chi connectivity index (χ3v) is 5.28. The minimum Gasteiger partial charge on any atom is -0.478 e. The van der Waals surface area contributed by atoms with Crippen LogP contribution in [0.25, 0.3) is 17.0 Å². The highest BCUT2D eigenvalue weighted by Crippen LogP contribution is 2.27. The minimum absolute atomic E-state index is 0.00726. The predicted octanol–water partition coefficient (Wildman–Crippen LogP) is 4.85. The molecule has 0 saturated carbocycles. The van der Waals surface area contributed by atoms with E-state index in [2.05, 4.69) is 4.99 Å². The molecule has 0 atom stereocenters. The Morgan fingerprint density at radius 1 is 1.13 bits per heavy atom. The van der Waals surface area contributed by atoms with E-state index >= 15 is 0 Å². The molecule has 2 heterocycles. The zero-order valence-corrected chi connectivity index (χ0v) is 17.5. The van der Waals surface area contributed by atoms with Gasteiger partial charge in [0.1, 0.15) is 11.5 Å². The van der Waals surface area contributed by atoms with Crippen molar-refractivity contribution in [3.8, 4) is 17.0 Å². The molecule has 0 fully saturated rings. The van der Waals surface area contributed by atoms with E-state index in [1.165, 1.54) is 18.3 Å². The van der Waals surface area contributed by atoms with Crippen molar-refractivity contribution in [2.75, 3.05) is 0 Å². The number of benzene rings is 2. The van der Waals surface area contributed by atoms with E-state index in [0.29, 0.717) is 28.5 Å². The van der Waals surface area contributed by atoms with Crippen LogP contribution in [0.4, 0.5) is 5.69 Å². The fraction of sp³-hybridized carbons (Fsp3) is 0.0870. The topological polar surface area (TPSA) is 89.7 Å². The van der Waals surface area contributed by atoms with Crippen molar-refractivity contribution in [1.29, 1.82) is 0 Å². The average molecular weight is 436 g/mol. The standard InChI is InChI=1S/C23H18ClN3O4/c1-14-21(22(28)27(26(14)2)16-6-4-3-5-7-16)25-13-17-9-11-20(31-17)15-8-10-19(24)18(12-15)23(29)30/h3-13H,1-2H3,(H,29,30). The van der Waals surface area contributed by atoms with Gasteiger partial charge in [-0.25, -0.2) is 14.5 Å². The average Bonchev–Trinajstić information content (AvgIpc) is 3.31. The largest absolute Gasteiger partial charge is 0.478 e. The summed E-state index contributed by atoms with van der Waals surface area (Å²) in [7, 11) is 1.80. The van der Waals surface area contributed by atoms with Crippen LogP contribution in [-0.4, -0.2) is 26.7 Å². The first-order valence-corrected chi connectivity index (χ1v) is 9.75. The summed E-state index contributed by atoms with van der Waals surface area (Å²) in [5.74, 6) is -0.225. The smallest absolute Gasteiger partial charge is 0.337 e. The monoisotopic (exact) mass is 435 g/mol. The maximum atomic E-state index is 12.9. The van der Waals surface area contributed by atoms with Gasteiger partial charge in [0.25, 0.3) is 5.56 Å².